The maximum atomic E-state index is 13.1. The first kappa shape index (κ1) is 31.7. The molecule has 0 radical (unpaired) electrons. The van der Waals surface area contributed by atoms with Gasteiger partial charge >= 0.3 is 6.09 Å². The van der Waals surface area contributed by atoms with Gasteiger partial charge in [-0.05, 0) is 65.1 Å². The lowest BCUT2D eigenvalue weighted by atomic mass is 10.1. The quantitative estimate of drug-likeness (QED) is 0.204. The summed E-state index contributed by atoms with van der Waals surface area (Å²) in [6, 6.07) is 14.7. The van der Waals surface area contributed by atoms with Crippen LogP contribution in [0.4, 0.5) is 4.79 Å². The summed E-state index contributed by atoms with van der Waals surface area (Å²) < 4.78 is 22.6. The van der Waals surface area contributed by atoms with Crippen LogP contribution >= 0.6 is 11.8 Å². The number of hydrogen-bond donors (Lipinski definition) is 1. The number of pyridine rings is 1. The minimum atomic E-state index is -0.602. The molecule has 10 nitrogen and oxygen atoms in total. The fraction of sp³-hybridized carbons (Fsp3) is 0.375. The molecule has 0 saturated carbocycles. The maximum absolute atomic E-state index is 13.1. The molecule has 1 amide bonds. The molecule has 4 rings (SSSR count). The highest BCUT2D eigenvalue weighted by Gasteiger charge is 2.24. The molecule has 228 valence electrons. The zero-order valence-electron chi connectivity index (χ0n) is 25.8. The highest BCUT2D eigenvalue weighted by molar-refractivity contribution is 7.98. The number of methoxy groups -OCH3 is 2. The second kappa shape index (κ2) is 13.4. The second-order valence-electron chi connectivity index (χ2n) is 11.0. The van der Waals surface area contributed by atoms with E-state index >= 15 is 0 Å². The normalized spacial score (nSPS) is 11.5. The maximum Gasteiger partial charge on any atom is 0.410 e. The van der Waals surface area contributed by atoms with Crippen LogP contribution in [0.3, 0.4) is 0 Å². The van der Waals surface area contributed by atoms with Crippen LogP contribution in [-0.4, -0.2) is 71.2 Å². The number of fused-ring (bicyclic) bond motifs is 1. The zero-order chi connectivity index (χ0) is 31.3. The van der Waals surface area contributed by atoms with Crippen LogP contribution in [0.15, 0.2) is 58.2 Å². The van der Waals surface area contributed by atoms with E-state index < -0.39 is 11.7 Å². The van der Waals surface area contributed by atoms with E-state index in [1.807, 2.05) is 65.1 Å². The van der Waals surface area contributed by atoms with Crippen LogP contribution in [0.1, 0.15) is 34.6 Å². The van der Waals surface area contributed by atoms with E-state index in [-0.39, 0.29) is 24.0 Å². The number of H-pyrrole nitrogens is 1. The van der Waals surface area contributed by atoms with E-state index in [0.717, 1.165) is 10.5 Å². The molecule has 4 aromatic rings. The van der Waals surface area contributed by atoms with Crippen LogP contribution in [0, 0.1) is 0 Å². The summed E-state index contributed by atoms with van der Waals surface area (Å²) in [6.07, 6.45) is 1.62. The van der Waals surface area contributed by atoms with Gasteiger partial charge in [-0.15, -0.1) is 11.8 Å². The topological polar surface area (TPSA) is 116 Å². The molecule has 0 atom stereocenters. The van der Waals surface area contributed by atoms with Gasteiger partial charge in [0.1, 0.15) is 46.2 Å². The molecule has 2 aromatic heterocycles. The van der Waals surface area contributed by atoms with Crippen LogP contribution in [0.25, 0.3) is 33.7 Å². The molecular weight excluding hydrogens is 568 g/mol. The van der Waals surface area contributed by atoms with Crippen LogP contribution in [0.5, 0.6) is 17.2 Å². The largest absolute Gasteiger partial charge is 0.497 e. The van der Waals surface area contributed by atoms with Gasteiger partial charge < -0.3 is 28.8 Å². The van der Waals surface area contributed by atoms with E-state index in [1.54, 1.807) is 40.9 Å². The Morgan fingerprint density at radius 2 is 1.72 bits per heavy atom. The predicted octanol–water partition coefficient (Wildman–Crippen LogP) is 6.42. The molecule has 0 saturated heterocycles. The van der Waals surface area contributed by atoms with Gasteiger partial charge in [0.2, 0.25) is 0 Å². The molecule has 0 unspecified atom stereocenters. The first-order chi connectivity index (χ1) is 20.4. The Balaban J connectivity index is 1.71. The third kappa shape index (κ3) is 7.59. The lowest BCUT2D eigenvalue weighted by molar-refractivity contribution is 0.0164. The van der Waals surface area contributed by atoms with E-state index in [0.29, 0.717) is 46.1 Å². The van der Waals surface area contributed by atoms with Gasteiger partial charge in [0, 0.05) is 28.6 Å². The Morgan fingerprint density at radius 3 is 2.33 bits per heavy atom. The Bertz CT molecular complexity index is 1650. The Morgan fingerprint density at radius 1 is 1.00 bits per heavy atom. The van der Waals surface area contributed by atoms with Crippen molar-refractivity contribution in [3.8, 4) is 40.0 Å². The van der Waals surface area contributed by atoms with E-state index in [1.165, 1.54) is 14.2 Å². The van der Waals surface area contributed by atoms with Crippen molar-refractivity contribution in [2.24, 2.45) is 0 Å². The van der Waals surface area contributed by atoms with Gasteiger partial charge in [-0.3, -0.25) is 4.79 Å². The molecule has 2 heterocycles. The van der Waals surface area contributed by atoms with Gasteiger partial charge in [-0.25, -0.2) is 14.8 Å². The molecule has 2 aromatic carbocycles. The van der Waals surface area contributed by atoms with Gasteiger partial charge in [0.05, 0.1) is 26.3 Å². The van der Waals surface area contributed by atoms with Gasteiger partial charge in [-0.2, -0.15) is 0 Å². The second-order valence-corrected chi connectivity index (χ2v) is 11.9. The van der Waals surface area contributed by atoms with Crippen LogP contribution in [-0.2, 0) is 4.74 Å². The van der Waals surface area contributed by atoms with E-state index in [9.17, 15) is 9.59 Å². The average molecular weight is 607 g/mol. The standard InChI is InChI=1S/C32H38N4O6S/c1-19(2)36(31(38)42-32(3,4)5)15-16-41-25-14-13-23(33-28(25)20-9-11-22(43-8)12-10-20)29-34-24-17-21(39-6)18-26(40-7)27(24)30(37)35-29/h9-14,17-19H,15-16H2,1-8H3,(H,34,35,37). The third-order valence-electron chi connectivity index (χ3n) is 6.51. The van der Waals surface area contributed by atoms with Crippen molar-refractivity contribution in [1.82, 2.24) is 19.9 Å². The number of thioether (sulfide) groups is 1. The number of nitrogens with one attached hydrogen (secondary N) is 1. The lowest BCUT2D eigenvalue weighted by Crippen LogP contribution is -2.43. The molecule has 1 N–H and O–H groups in total. The van der Waals surface area contributed by atoms with Crippen molar-refractivity contribution in [2.45, 2.75) is 51.2 Å². The van der Waals surface area contributed by atoms with Crippen molar-refractivity contribution in [1.29, 1.82) is 0 Å². The third-order valence-corrected chi connectivity index (χ3v) is 7.25. The number of carbonyl (C=O) groups excluding carboxylic acids is 1. The molecular formula is C32H38N4O6S. The number of nitrogens with zero attached hydrogens (tertiary/aromatic N) is 3. The number of aromatic nitrogens is 3. The Kier molecular flexibility index (Phi) is 9.85. The number of hydrogen-bond acceptors (Lipinski definition) is 9. The van der Waals surface area contributed by atoms with Crippen molar-refractivity contribution in [3.63, 3.8) is 0 Å². The summed E-state index contributed by atoms with van der Waals surface area (Å²) in [5.41, 5.74) is 1.31. The fourth-order valence-electron chi connectivity index (χ4n) is 4.40. The van der Waals surface area contributed by atoms with Crippen molar-refractivity contribution in [3.05, 3.63) is 58.9 Å². The molecule has 0 spiro atoms. The lowest BCUT2D eigenvalue weighted by Gasteiger charge is -2.30. The monoisotopic (exact) mass is 606 g/mol. The highest BCUT2D eigenvalue weighted by Crippen LogP contribution is 2.33. The number of amides is 1. The number of benzene rings is 2. The number of aromatic amines is 1. The highest BCUT2D eigenvalue weighted by atomic mass is 32.2. The van der Waals surface area contributed by atoms with E-state index in [2.05, 4.69) is 9.97 Å². The minimum Gasteiger partial charge on any atom is -0.497 e. The summed E-state index contributed by atoms with van der Waals surface area (Å²) in [4.78, 5) is 41.1. The SMILES string of the molecule is COc1cc(OC)c2c(=O)[nH]c(-c3ccc(OCCN(C(=O)OC(C)(C)C)C(C)C)c(-c4ccc(SC)cc4)n3)nc2c1. The molecule has 0 fully saturated rings. The summed E-state index contributed by atoms with van der Waals surface area (Å²) in [6.45, 7) is 9.93. The number of carbonyl (C=O) groups is 1. The zero-order valence-corrected chi connectivity index (χ0v) is 26.6. The van der Waals surface area contributed by atoms with Crippen LogP contribution in [0.2, 0.25) is 0 Å². The first-order valence-electron chi connectivity index (χ1n) is 13.9. The van der Waals surface area contributed by atoms with Crippen molar-refractivity contribution >= 4 is 28.8 Å². The first-order valence-corrected chi connectivity index (χ1v) is 15.1. The van der Waals surface area contributed by atoms with Gasteiger partial charge in [0.15, 0.2) is 5.82 Å². The smallest absolute Gasteiger partial charge is 0.410 e. The molecule has 0 aliphatic heterocycles. The molecule has 11 heteroatoms. The molecule has 0 aliphatic carbocycles. The number of ether oxygens (including phenoxy) is 4. The molecule has 0 aliphatic rings. The minimum absolute atomic E-state index is 0.0782. The summed E-state index contributed by atoms with van der Waals surface area (Å²) >= 11 is 1.64. The average Bonchev–Trinajstić information content (AvgIpc) is 2.97. The van der Waals surface area contributed by atoms with E-state index in [4.69, 9.17) is 23.9 Å². The Hall–Kier alpha value is -4.25. The molecule has 0 bridgehead atoms. The number of rotatable bonds is 10. The fourth-order valence-corrected chi connectivity index (χ4v) is 4.80. The van der Waals surface area contributed by atoms with Gasteiger partial charge in [-0.1, -0.05) is 12.1 Å². The Labute approximate surface area is 255 Å². The summed E-state index contributed by atoms with van der Waals surface area (Å²) in [5, 5.41) is 0.319. The predicted molar refractivity (Wildman–Crippen MR) is 169 cm³/mol. The van der Waals surface area contributed by atoms with Gasteiger partial charge in [0.25, 0.3) is 5.56 Å². The summed E-state index contributed by atoms with van der Waals surface area (Å²) in [7, 11) is 3.03. The summed E-state index contributed by atoms with van der Waals surface area (Å²) in [5.74, 6) is 1.70. The van der Waals surface area contributed by atoms with Crippen molar-refractivity contribution in [2.75, 3.05) is 33.6 Å². The van der Waals surface area contributed by atoms with Crippen LogP contribution < -0.4 is 19.8 Å². The molecule has 43 heavy (non-hydrogen) atoms. The van der Waals surface area contributed by atoms with Crippen molar-refractivity contribution < 1.29 is 23.7 Å².